The van der Waals surface area contributed by atoms with Gasteiger partial charge >= 0.3 is 0 Å². The average molecular weight is 272 g/mol. The van der Waals surface area contributed by atoms with Crippen molar-refractivity contribution in [2.45, 2.75) is 6.54 Å². The highest BCUT2D eigenvalue weighted by molar-refractivity contribution is 7.10. The minimum Gasteiger partial charge on any atom is -0.315 e. The van der Waals surface area contributed by atoms with E-state index in [1.54, 1.807) is 17.4 Å². The molecule has 0 fully saturated rings. The predicted octanol–water partition coefficient (Wildman–Crippen LogP) is 4.44. The highest BCUT2D eigenvalue weighted by Crippen LogP contribution is 2.35. The van der Waals surface area contributed by atoms with E-state index in [1.807, 2.05) is 19.2 Å². The summed E-state index contributed by atoms with van der Waals surface area (Å²) >= 11 is 13.9. The summed E-state index contributed by atoms with van der Waals surface area (Å²) in [7, 11) is 1.94. The van der Waals surface area contributed by atoms with Gasteiger partial charge in [0.05, 0.1) is 10.0 Å². The summed E-state index contributed by atoms with van der Waals surface area (Å²) < 4.78 is 0. The zero-order chi connectivity index (χ0) is 11.5. The van der Waals surface area contributed by atoms with Crippen molar-refractivity contribution in [3.05, 3.63) is 44.6 Å². The molecule has 4 heteroatoms. The molecular weight excluding hydrogens is 261 g/mol. The van der Waals surface area contributed by atoms with Crippen molar-refractivity contribution < 1.29 is 0 Å². The van der Waals surface area contributed by atoms with Gasteiger partial charge in [0, 0.05) is 17.0 Å². The zero-order valence-electron chi connectivity index (χ0n) is 8.76. The van der Waals surface area contributed by atoms with Gasteiger partial charge in [-0.15, -0.1) is 11.3 Å². The molecule has 2 aromatic rings. The van der Waals surface area contributed by atoms with Gasteiger partial charge in [-0.05, 0) is 30.1 Å². The van der Waals surface area contributed by atoms with Gasteiger partial charge in [-0.1, -0.05) is 35.3 Å². The Morgan fingerprint density at radius 2 is 2.12 bits per heavy atom. The fraction of sp³-hybridized carbons (Fsp3) is 0.167. The number of nitrogens with one attached hydrogen (secondary N) is 1. The van der Waals surface area contributed by atoms with Crippen LogP contribution in [0.15, 0.2) is 29.6 Å². The zero-order valence-corrected chi connectivity index (χ0v) is 11.1. The standard InChI is InChI=1S/C12H11Cl2NS/c1-15-6-9-5-8(7-16-9)10-3-2-4-11(13)12(10)14/h2-5,7,15H,6H2,1H3. The summed E-state index contributed by atoms with van der Waals surface area (Å²) in [6.45, 7) is 0.878. The number of rotatable bonds is 3. The summed E-state index contributed by atoms with van der Waals surface area (Å²) in [6.07, 6.45) is 0. The Labute approximate surface area is 109 Å². The van der Waals surface area contributed by atoms with Crippen LogP contribution in [0.4, 0.5) is 0 Å². The molecule has 0 saturated carbocycles. The SMILES string of the molecule is CNCc1cc(-c2cccc(Cl)c2Cl)cs1. The summed E-state index contributed by atoms with van der Waals surface area (Å²) in [5, 5.41) is 6.45. The van der Waals surface area contributed by atoms with Crippen molar-refractivity contribution in [1.29, 1.82) is 0 Å². The topological polar surface area (TPSA) is 12.0 Å². The summed E-state index contributed by atoms with van der Waals surface area (Å²) in [4.78, 5) is 1.29. The van der Waals surface area contributed by atoms with Crippen molar-refractivity contribution >= 4 is 34.5 Å². The third-order valence-electron chi connectivity index (χ3n) is 2.27. The van der Waals surface area contributed by atoms with Crippen LogP contribution in [0, 0.1) is 0 Å². The van der Waals surface area contributed by atoms with Crippen LogP contribution in [-0.2, 0) is 6.54 Å². The highest BCUT2D eigenvalue weighted by Gasteiger charge is 2.08. The van der Waals surface area contributed by atoms with Gasteiger partial charge < -0.3 is 5.32 Å². The Morgan fingerprint density at radius 1 is 1.31 bits per heavy atom. The smallest absolute Gasteiger partial charge is 0.0670 e. The lowest BCUT2D eigenvalue weighted by atomic mass is 10.1. The molecule has 0 aliphatic rings. The van der Waals surface area contributed by atoms with Crippen molar-refractivity contribution in [2.24, 2.45) is 0 Å². The van der Waals surface area contributed by atoms with E-state index in [1.165, 1.54) is 4.88 Å². The van der Waals surface area contributed by atoms with Crippen molar-refractivity contribution in [3.8, 4) is 11.1 Å². The predicted molar refractivity (Wildman–Crippen MR) is 72.5 cm³/mol. The second-order valence-corrected chi connectivity index (χ2v) is 5.21. The Hall–Kier alpha value is -0.540. The minimum atomic E-state index is 0.598. The van der Waals surface area contributed by atoms with Crippen LogP contribution in [0.5, 0.6) is 0 Å². The molecule has 0 aliphatic heterocycles. The molecular formula is C12H11Cl2NS. The van der Waals surface area contributed by atoms with Gasteiger partial charge in [-0.3, -0.25) is 0 Å². The molecule has 0 saturated heterocycles. The molecule has 1 N–H and O–H groups in total. The lowest BCUT2D eigenvalue weighted by Crippen LogP contribution is -2.02. The third-order valence-corrected chi connectivity index (χ3v) is 4.02. The lowest BCUT2D eigenvalue weighted by Gasteiger charge is -2.02. The van der Waals surface area contributed by atoms with Crippen molar-refractivity contribution in [1.82, 2.24) is 5.32 Å². The fourth-order valence-corrected chi connectivity index (χ4v) is 2.82. The molecule has 2 rings (SSSR count). The molecule has 1 aromatic carbocycles. The van der Waals surface area contributed by atoms with E-state index in [-0.39, 0.29) is 0 Å². The van der Waals surface area contributed by atoms with Crippen LogP contribution >= 0.6 is 34.5 Å². The Kier molecular flexibility index (Phi) is 3.87. The number of benzene rings is 1. The Bertz CT molecular complexity index is 494. The monoisotopic (exact) mass is 271 g/mol. The molecule has 16 heavy (non-hydrogen) atoms. The van der Waals surface area contributed by atoms with E-state index in [0.29, 0.717) is 10.0 Å². The van der Waals surface area contributed by atoms with Crippen LogP contribution in [0.25, 0.3) is 11.1 Å². The van der Waals surface area contributed by atoms with Crippen LogP contribution < -0.4 is 5.32 Å². The molecule has 0 aliphatic carbocycles. The molecule has 0 unspecified atom stereocenters. The Balaban J connectivity index is 2.39. The van der Waals surface area contributed by atoms with Gasteiger partial charge in [0.15, 0.2) is 0 Å². The van der Waals surface area contributed by atoms with E-state index in [9.17, 15) is 0 Å². The largest absolute Gasteiger partial charge is 0.315 e. The maximum absolute atomic E-state index is 6.17. The molecule has 0 radical (unpaired) electrons. The summed E-state index contributed by atoms with van der Waals surface area (Å²) in [5.74, 6) is 0. The molecule has 1 heterocycles. The van der Waals surface area contributed by atoms with E-state index in [0.717, 1.165) is 17.7 Å². The first-order valence-electron chi connectivity index (χ1n) is 4.88. The molecule has 84 valence electrons. The number of hydrogen-bond acceptors (Lipinski definition) is 2. The molecule has 0 atom stereocenters. The number of thiophene rings is 1. The van der Waals surface area contributed by atoms with Gasteiger partial charge in [0.25, 0.3) is 0 Å². The average Bonchev–Trinajstić information content (AvgIpc) is 2.71. The van der Waals surface area contributed by atoms with E-state index in [2.05, 4.69) is 16.8 Å². The van der Waals surface area contributed by atoms with Gasteiger partial charge in [0.2, 0.25) is 0 Å². The summed E-state index contributed by atoms with van der Waals surface area (Å²) in [5.41, 5.74) is 2.12. The van der Waals surface area contributed by atoms with Crippen LogP contribution in [0.3, 0.4) is 0 Å². The molecule has 1 aromatic heterocycles. The molecule has 1 nitrogen and oxygen atoms in total. The molecule has 0 spiro atoms. The number of halogens is 2. The first-order chi connectivity index (χ1) is 7.72. The van der Waals surface area contributed by atoms with E-state index < -0.39 is 0 Å². The lowest BCUT2D eigenvalue weighted by molar-refractivity contribution is 0.831. The maximum atomic E-state index is 6.17. The highest BCUT2D eigenvalue weighted by atomic mass is 35.5. The van der Waals surface area contributed by atoms with Gasteiger partial charge in [0.1, 0.15) is 0 Å². The normalized spacial score (nSPS) is 10.7. The van der Waals surface area contributed by atoms with Crippen LogP contribution in [0.1, 0.15) is 4.88 Å². The second-order valence-electron chi connectivity index (χ2n) is 3.43. The second kappa shape index (κ2) is 5.19. The van der Waals surface area contributed by atoms with Crippen molar-refractivity contribution in [2.75, 3.05) is 7.05 Å². The van der Waals surface area contributed by atoms with E-state index >= 15 is 0 Å². The molecule has 0 amide bonds. The maximum Gasteiger partial charge on any atom is 0.0670 e. The van der Waals surface area contributed by atoms with Gasteiger partial charge in [-0.2, -0.15) is 0 Å². The Morgan fingerprint density at radius 3 is 2.88 bits per heavy atom. The first kappa shape index (κ1) is 11.9. The fourth-order valence-electron chi connectivity index (χ4n) is 1.52. The number of hydrogen-bond donors (Lipinski definition) is 1. The van der Waals surface area contributed by atoms with E-state index in [4.69, 9.17) is 23.2 Å². The third kappa shape index (κ3) is 2.41. The van der Waals surface area contributed by atoms with Crippen LogP contribution in [-0.4, -0.2) is 7.05 Å². The summed E-state index contributed by atoms with van der Waals surface area (Å²) in [6, 6.07) is 7.84. The van der Waals surface area contributed by atoms with Crippen LogP contribution in [0.2, 0.25) is 10.0 Å². The van der Waals surface area contributed by atoms with Gasteiger partial charge in [-0.25, -0.2) is 0 Å². The first-order valence-corrected chi connectivity index (χ1v) is 6.52. The minimum absolute atomic E-state index is 0.598. The quantitative estimate of drug-likeness (QED) is 0.870. The molecule has 0 bridgehead atoms. The van der Waals surface area contributed by atoms with Crippen molar-refractivity contribution in [3.63, 3.8) is 0 Å².